The molecule has 0 saturated carbocycles. The van der Waals surface area contributed by atoms with Crippen molar-refractivity contribution >= 4 is 33.2 Å². The second-order valence-corrected chi connectivity index (χ2v) is 9.92. The monoisotopic (exact) mass is 433 g/mol. The number of rotatable bonds is 8. The molecule has 0 unspecified atom stereocenters. The van der Waals surface area contributed by atoms with E-state index >= 15 is 0 Å². The Morgan fingerprint density at radius 3 is 2.40 bits per heavy atom. The molecule has 0 spiro atoms. The quantitative estimate of drug-likeness (QED) is 0.538. The Bertz CT molecular complexity index is 982. The minimum atomic E-state index is -3.35. The van der Waals surface area contributed by atoms with Gasteiger partial charge in [-0.3, -0.25) is 10.0 Å². The molecule has 0 aliphatic heterocycles. The number of hydrogen-bond donors (Lipinski definition) is 3. The van der Waals surface area contributed by atoms with E-state index in [0.29, 0.717) is 24.3 Å². The lowest BCUT2D eigenvalue weighted by atomic mass is 10.1. The fraction of sp³-hybridized carbons (Fsp3) is 0.409. The van der Waals surface area contributed by atoms with Crippen LogP contribution in [0.5, 0.6) is 0 Å². The van der Waals surface area contributed by atoms with E-state index in [9.17, 15) is 13.2 Å². The summed E-state index contributed by atoms with van der Waals surface area (Å²) in [7, 11) is -3.35. The van der Waals surface area contributed by atoms with Crippen molar-refractivity contribution in [2.45, 2.75) is 53.2 Å². The molecule has 2 aromatic carbocycles. The molecule has 1 amide bonds. The Morgan fingerprint density at radius 1 is 1.07 bits per heavy atom. The Kier molecular flexibility index (Phi) is 7.72. The first-order valence-electron chi connectivity index (χ1n) is 9.92. The molecule has 7 nitrogen and oxygen atoms in total. The number of ether oxygens (including phenoxy) is 1. The summed E-state index contributed by atoms with van der Waals surface area (Å²) in [6.45, 7) is 9.64. The van der Waals surface area contributed by atoms with Gasteiger partial charge < -0.3 is 10.1 Å². The SMILES string of the molecule is CCCS(=O)(=O)Nc1cccc(NCc2cccc(NC(=O)OC(C)(C)C)c2)c1C. The van der Waals surface area contributed by atoms with Gasteiger partial charge in [0.05, 0.1) is 11.4 Å². The third-order valence-electron chi connectivity index (χ3n) is 4.13. The highest BCUT2D eigenvalue weighted by atomic mass is 32.2. The summed E-state index contributed by atoms with van der Waals surface area (Å²) < 4.78 is 32.1. The van der Waals surface area contributed by atoms with Gasteiger partial charge >= 0.3 is 6.09 Å². The largest absolute Gasteiger partial charge is 0.444 e. The molecule has 8 heteroatoms. The molecule has 3 N–H and O–H groups in total. The fourth-order valence-corrected chi connectivity index (χ4v) is 4.00. The average molecular weight is 434 g/mol. The van der Waals surface area contributed by atoms with Crippen LogP contribution in [-0.4, -0.2) is 25.9 Å². The summed E-state index contributed by atoms with van der Waals surface area (Å²) in [6, 6.07) is 12.9. The number of amides is 1. The molecule has 30 heavy (non-hydrogen) atoms. The van der Waals surface area contributed by atoms with Crippen LogP contribution in [0.4, 0.5) is 21.9 Å². The van der Waals surface area contributed by atoms with Crippen LogP contribution in [0.2, 0.25) is 0 Å². The number of nitrogens with one attached hydrogen (secondary N) is 3. The number of benzene rings is 2. The van der Waals surface area contributed by atoms with Gasteiger partial charge in [-0.25, -0.2) is 13.2 Å². The van der Waals surface area contributed by atoms with E-state index in [2.05, 4.69) is 15.4 Å². The molecule has 2 aromatic rings. The van der Waals surface area contributed by atoms with Crippen LogP contribution in [-0.2, 0) is 21.3 Å². The van der Waals surface area contributed by atoms with Crippen molar-refractivity contribution in [1.29, 1.82) is 0 Å². The van der Waals surface area contributed by atoms with Crippen molar-refractivity contribution in [1.82, 2.24) is 0 Å². The van der Waals surface area contributed by atoms with E-state index in [1.165, 1.54) is 0 Å². The summed E-state index contributed by atoms with van der Waals surface area (Å²) in [5.41, 5.74) is 3.25. The average Bonchev–Trinajstić information content (AvgIpc) is 2.61. The van der Waals surface area contributed by atoms with Gasteiger partial charge in [-0.2, -0.15) is 0 Å². The number of hydrogen-bond acceptors (Lipinski definition) is 5. The van der Waals surface area contributed by atoms with Crippen LogP contribution in [0.1, 0.15) is 45.2 Å². The first-order valence-corrected chi connectivity index (χ1v) is 11.6. The molecule has 2 rings (SSSR count). The van der Waals surface area contributed by atoms with Crippen LogP contribution in [0.15, 0.2) is 42.5 Å². The summed E-state index contributed by atoms with van der Waals surface area (Å²) in [5.74, 6) is 0.0849. The molecule has 0 bridgehead atoms. The highest BCUT2D eigenvalue weighted by Crippen LogP contribution is 2.25. The van der Waals surface area contributed by atoms with Gasteiger partial charge in [-0.15, -0.1) is 0 Å². The topological polar surface area (TPSA) is 96.5 Å². The van der Waals surface area contributed by atoms with Crippen LogP contribution >= 0.6 is 0 Å². The number of sulfonamides is 1. The molecule has 0 aliphatic carbocycles. The zero-order valence-electron chi connectivity index (χ0n) is 18.2. The van der Waals surface area contributed by atoms with E-state index in [4.69, 9.17) is 4.74 Å². The van der Waals surface area contributed by atoms with Crippen molar-refractivity contribution in [2.24, 2.45) is 0 Å². The fourth-order valence-electron chi connectivity index (χ4n) is 2.80. The summed E-state index contributed by atoms with van der Waals surface area (Å²) in [4.78, 5) is 12.0. The normalized spacial score (nSPS) is 11.6. The van der Waals surface area contributed by atoms with Gasteiger partial charge in [0.25, 0.3) is 0 Å². The van der Waals surface area contributed by atoms with Crippen molar-refractivity contribution in [3.63, 3.8) is 0 Å². The lowest BCUT2D eigenvalue weighted by molar-refractivity contribution is 0.0636. The molecule has 164 valence electrons. The summed E-state index contributed by atoms with van der Waals surface area (Å²) >= 11 is 0. The van der Waals surface area contributed by atoms with Gasteiger partial charge in [0.1, 0.15) is 5.60 Å². The molecular weight excluding hydrogens is 402 g/mol. The second-order valence-electron chi connectivity index (χ2n) is 8.08. The van der Waals surface area contributed by atoms with Crippen LogP contribution in [0, 0.1) is 6.92 Å². The Balaban J connectivity index is 2.06. The molecule has 0 fully saturated rings. The molecule has 0 radical (unpaired) electrons. The van der Waals surface area contributed by atoms with Gasteiger partial charge in [-0.05, 0) is 69.5 Å². The predicted molar refractivity (Wildman–Crippen MR) is 123 cm³/mol. The summed E-state index contributed by atoms with van der Waals surface area (Å²) in [6.07, 6.45) is 0.0514. The smallest absolute Gasteiger partial charge is 0.412 e. The van der Waals surface area contributed by atoms with Crippen molar-refractivity contribution in [2.75, 3.05) is 21.1 Å². The van der Waals surface area contributed by atoms with Gasteiger partial charge in [0.2, 0.25) is 10.0 Å². The maximum Gasteiger partial charge on any atom is 0.412 e. The van der Waals surface area contributed by atoms with E-state index in [0.717, 1.165) is 16.8 Å². The Hall–Kier alpha value is -2.74. The van der Waals surface area contributed by atoms with Crippen LogP contribution in [0.3, 0.4) is 0 Å². The van der Waals surface area contributed by atoms with Crippen molar-refractivity contribution in [3.05, 3.63) is 53.6 Å². The van der Waals surface area contributed by atoms with E-state index in [1.54, 1.807) is 18.2 Å². The van der Waals surface area contributed by atoms with E-state index in [1.807, 2.05) is 58.9 Å². The maximum atomic E-state index is 12.1. The standard InChI is InChI=1S/C22H31N3O4S/c1-6-13-30(27,28)25-20-12-8-11-19(16(20)2)23-15-17-9-7-10-18(14-17)24-21(26)29-22(3,4)5/h7-12,14,23,25H,6,13,15H2,1-5H3,(H,24,26). The van der Waals surface area contributed by atoms with E-state index in [-0.39, 0.29) is 5.75 Å². The number of carbonyl (C=O) groups excluding carboxylic acids is 1. The minimum absolute atomic E-state index is 0.0849. The second kappa shape index (κ2) is 9.84. The Morgan fingerprint density at radius 2 is 1.73 bits per heavy atom. The van der Waals surface area contributed by atoms with Gasteiger partial charge in [0, 0.05) is 17.9 Å². The van der Waals surface area contributed by atoms with Crippen LogP contribution < -0.4 is 15.4 Å². The molecule has 0 saturated heterocycles. The predicted octanol–water partition coefficient (Wildman–Crippen LogP) is 5.11. The van der Waals surface area contributed by atoms with E-state index < -0.39 is 21.7 Å². The van der Waals surface area contributed by atoms with Crippen molar-refractivity contribution in [3.8, 4) is 0 Å². The molecule has 0 aliphatic rings. The number of anilines is 3. The number of carbonyl (C=O) groups is 1. The zero-order valence-corrected chi connectivity index (χ0v) is 19.0. The maximum absolute atomic E-state index is 12.1. The summed E-state index contributed by atoms with van der Waals surface area (Å²) in [5, 5.41) is 6.06. The third-order valence-corrected chi connectivity index (χ3v) is 5.60. The first-order chi connectivity index (χ1) is 14.0. The minimum Gasteiger partial charge on any atom is -0.444 e. The molecule has 0 aromatic heterocycles. The lowest BCUT2D eigenvalue weighted by Crippen LogP contribution is -2.27. The van der Waals surface area contributed by atoms with Crippen molar-refractivity contribution < 1.29 is 17.9 Å². The van der Waals surface area contributed by atoms with Gasteiger partial charge in [-0.1, -0.05) is 25.1 Å². The Labute approximate surface area is 179 Å². The molecular formula is C22H31N3O4S. The third kappa shape index (κ3) is 7.59. The van der Waals surface area contributed by atoms with Gasteiger partial charge in [0.15, 0.2) is 0 Å². The highest BCUT2D eigenvalue weighted by molar-refractivity contribution is 7.92. The first kappa shape index (κ1) is 23.5. The molecule has 0 heterocycles. The van der Waals surface area contributed by atoms with Crippen LogP contribution in [0.25, 0.3) is 0 Å². The highest BCUT2D eigenvalue weighted by Gasteiger charge is 2.16. The molecule has 0 atom stereocenters. The lowest BCUT2D eigenvalue weighted by Gasteiger charge is -2.20. The zero-order chi connectivity index (χ0) is 22.4.